The third-order valence-corrected chi connectivity index (χ3v) is 4.27. The Balaban J connectivity index is 1.36. The molecular formula is C20H23NO2. The van der Waals surface area contributed by atoms with Crippen molar-refractivity contribution in [1.82, 2.24) is 5.32 Å². The Labute approximate surface area is 137 Å². The minimum Gasteiger partial charge on any atom is -0.492 e. The lowest BCUT2D eigenvalue weighted by Crippen LogP contribution is -2.36. The lowest BCUT2D eigenvalue weighted by atomic mass is 9.95. The van der Waals surface area contributed by atoms with E-state index in [2.05, 4.69) is 29.6 Å². The first-order valence-corrected chi connectivity index (χ1v) is 8.35. The van der Waals surface area contributed by atoms with E-state index in [1.165, 1.54) is 5.56 Å². The molecule has 0 fully saturated rings. The van der Waals surface area contributed by atoms with E-state index < -0.39 is 0 Å². The smallest absolute Gasteiger partial charge is 0.174 e. The van der Waals surface area contributed by atoms with Gasteiger partial charge in [-0.15, -0.1) is 0 Å². The normalized spacial score (nSPS) is 16.7. The van der Waals surface area contributed by atoms with E-state index in [4.69, 9.17) is 4.74 Å². The van der Waals surface area contributed by atoms with Gasteiger partial charge in [0.1, 0.15) is 5.75 Å². The molecular weight excluding hydrogens is 286 g/mol. The Bertz CT molecular complexity index is 639. The highest BCUT2D eigenvalue weighted by molar-refractivity contribution is 6.01. The van der Waals surface area contributed by atoms with Crippen molar-refractivity contribution in [3.8, 4) is 5.75 Å². The van der Waals surface area contributed by atoms with Crippen LogP contribution in [-0.2, 0) is 6.42 Å². The molecule has 0 amide bonds. The topological polar surface area (TPSA) is 38.3 Å². The summed E-state index contributed by atoms with van der Waals surface area (Å²) in [6, 6.07) is 18.1. The second kappa shape index (κ2) is 7.93. The van der Waals surface area contributed by atoms with E-state index in [9.17, 15) is 4.79 Å². The molecule has 120 valence electrons. The predicted octanol–water partition coefficient (Wildman–Crippen LogP) is 3.49. The third-order valence-electron chi connectivity index (χ3n) is 4.27. The number of aryl methyl sites for hydroxylation is 1. The van der Waals surface area contributed by atoms with Crippen LogP contribution in [0.5, 0.6) is 5.75 Å². The number of ketones is 1. The number of rotatable bonds is 7. The van der Waals surface area contributed by atoms with Crippen molar-refractivity contribution in [2.24, 2.45) is 5.92 Å². The van der Waals surface area contributed by atoms with Gasteiger partial charge in [-0.05, 0) is 43.5 Å². The van der Waals surface area contributed by atoms with Crippen LogP contribution in [0.3, 0.4) is 0 Å². The fraction of sp³-hybridized carbons (Fsp3) is 0.350. The average Bonchev–Trinajstić information content (AvgIpc) is 2.61. The van der Waals surface area contributed by atoms with E-state index >= 15 is 0 Å². The van der Waals surface area contributed by atoms with Gasteiger partial charge in [0.2, 0.25) is 0 Å². The summed E-state index contributed by atoms with van der Waals surface area (Å²) in [6.07, 6.45) is 3.39. The van der Waals surface area contributed by atoms with Gasteiger partial charge in [-0.2, -0.15) is 0 Å². The van der Waals surface area contributed by atoms with Crippen LogP contribution >= 0.6 is 0 Å². The Hall–Kier alpha value is -2.13. The number of benzene rings is 2. The molecule has 0 unspecified atom stereocenters. The SMILES string of the molecule is O=C1c2ccccc2OC[C@@H]1CNCCCCc1ccccc1. The Morgan fingerprint density at radius 1 is 1.00 bits per heavy atom. The average molecular weight is 309 g/mol. The molecule has 0 saturated heterocycles. The molecule has 23 heavy (non-hydrogen) atoms. The maximum Gasteiger partial charge on any atom is 0.174 e. The molecule has 1 N–H and O–H groups in total. The highest BCUT2D eigenvalue weighted by atomic mass is 16.5. The zero-order chi connectivity index (χ0) is 15.9. The number of unbranched alkanes of at least 4 members (excludes halogenated alkanes) is 1. The van der Waals surface area contributed by atoms with Gasteiger partial charge >= 0.3 is 0 Å². The fourth-order valence-corrected chi connectivity index (χ4v) is 2.93. The standard InChI is InChI=1S/C20H23NO2/c22-20-17(15-23-19-12-5-4-11-18(19)20)14-21-13-7-6-10-16-8-2-1-3-9-16/h1-5,8-9,11-12,17,21H,6-7,10,13-15H2/t17-/m0/s1. The summed E-state index contributed by atoms with van der Waals surface area (Å²) >= 11 is 0. The van der Waals surface area contributed by atoms with Crippen LogP contribution in [0.15, 0.2) is 54.6 Å². The zero-order valence-electron chi connectivity index (χ0n) is 13.3. The van der Waals surface area contributed by atoms with E-state index in [0.29, 0.717) is 13.2 Å². The quantitative estimate of drug-likeness (QED) is 0.796. The van der Waals surface area contributed by atoms with Gasteiger partial charge in [-0.25, -0.2) is 0 Å². The molecule has 3 nitrogen and oxygen atoms in total. The van der Waals surface area contributed by atoms with Crippen LogP contribution in [0.4, 0.5) is 0 Å². The predicted molar refractivity (Wildman–Crippen MR) is 92.0 cm³/mol. The van der Waals surface area contributed by atoms with Gasteiger partial charge in [0.05, 0.1) is 18.1 Å². The van der Waals surface area contributed by atoms with Crippen molar-refractivity contribution in [2.45, 2.75) is 19.3 Å². The van der Waals surface area contributed by atoms with Gasteiger partial charge in [-0.3, -0.25) is 4.79 Å². The van der Waals surface area contributed by atoms with Crippen LogP contribution in [-0.4, -0.2) is 25.5 Å². The molecule has 0 radical (unpaired) electrons. The minimum absolute atomic E-state index is 0.0703. The number of ether oxygens (including phenoxy) is 1. The summed E-state index contributed by atoms with van der Waals surface area (Å²) in [4.78, 5) is 12.4. The first-order chi connectivity index (χ1) is 11.3. The number of carbonyl (C=O) groups excluding carboxylic acids is 1. The molecule has 2 aromatic carbocycles. The number of hydrogen-bond acceptors (Lipinski definition) is 3. The molecule has 1 aliphatic rings. The number of Topliss-reactive ketones (excluding diaryl/α,β-unsaturated/α-hetero) is 1. The first-order valence-electron chi connectivity index (χ1n) is 8.35. The number of fused-ring (bicyclic) bond motifs is 1. The maximum absolute atomic E-state index is 12.4. The van der Waals surface area contributed by atoms with Crippen LogP contribution in [0.2, 0.25) is 0 Å². The van der Waals surface area contributed by atoms with E-state index in [1.54, 1.807) is 0 Å². The summed E-state index contributed by atoms with van der Waals surface area (Å²) < 4.78 is 5.68. The maximum atomic E-state index is 12.4. The summed E-state index contributed by atoms with van der Waals surface area (Å²) in [5.41, 5.74) is 2.11. The van der Waals surface area contributed by atoms with Crippen molar-refractivity contribution in [3.63, 3.8) is 0 Å². The first kappa shape index (κ1) is 15.8. The Morgan fingerprint density at radius 2 is 1.78 bits per heavy atom. The molecule has 3 rings (SSSR count). The minimum atomic E-state index is -0.0703. The molecule has 0 spiro atoms. The van der Waals surface area contributed by atoms with Gasteiger partial charge in [-0.1, -0.05) is 42.5 Å². The Morgan fingerprint density at radius 3 is 2.65 bits per heavy atom. The van der Waals surface area contributed by atoms with Crippen LogP contribution < -0.4 is 10.1 Å². The van der Waals surface area contributed by atoms with Gasteiger partial charge in [0.15, 0.2) is 5.78 Å². The van der Waals surface area contributed by atoms with E-state index in [-0.39, 0.29) is 11.7 Å². The molecule has 0 aliphatic carbocycles. The summed E-state index contributed by atoms with van der Waals surface area (Å²) in [5.74, 6) is 0.847. The number of hydrogen-bond donors (Lipinski definition) is 1. The van der Waals surface area contributed by atoms with Crippen LogP contribution in [0.25, 0.3) is 0 Å². The molecule has 2 aromatic rings. The number of carbonyl (C=O) groups is 1. The summed E-state index contributed by atoms with van der Waals surface area (Å²) in [5, 5.41) is 3.40. The molecule has 1 atom stereocenters. The van der Waals surface area contributed by atoms with Crippen molar-refractivity contribution in [3.05, 3.63) is 65.7 Å². The lowest BCUT2D eigenvalue weighted by molar-refractivity contribution is 0.0830. The molecule has 1 aliphatic heterocycles. The van der Waals surface area contributed by atoms with Crippen LogP contribution in [0.1, 0.15) is 28.8 Å². The lowest BCUT2D eigenvalue weighted by Gasteiger charge is -2.24. The second-order valence-corrected chi connectivity index (χ2v) is 6.02. The number of nitrogens with one attached hydrogen (secondary N) is 1. The van der Waals surface area contributed by atoms with Gasteiger partial charge in [0, 0.05) is 6.54 Å². The monoisotopic (exact) mass is 309 g/mol. The van der Waals surface area contributed by atoms with E-state index in [0.717, 1.165) is 37.1 Å². The molecule has 3 heteroatoms. The highest BCUT2D eigenvalue weighted by Gasteiger charge is 2.27. The largest absolute Gasteiger partial charge is 0.492 e. The molecule has 0 saturated carbocycles. The van der Waals surface area contributed by atoms with Gasteiger partial charge in [0.25, 0.3) is 0 Å². The van der Waals surface area contributed by atoms with Gasteiger partial charge < -0.3 is 10.1 Å². The summed E-state index contributed by atoms with van der Waals surface area (Å²) in [6.45, 7) is 2.11. The van der Waals surface area contributed by atoms with Crippen molar-refractivity contribution in [1.29, 1.82) is 0 Å². The van der Waals surface area contributed by atoms with Crippen molar-refractivity contribution < 1.29 is 9.53 Å². The molecule has 1 heterocycles. The summed E-state index contributed by atoms with van der Waals surface area (Å²) in [7, 11) is 0. The molecule has 0 bridgehead atoms. The fourth-order valence-electron chi connectivity index (χ4n) is 2.93. The molecule has 0 aromatic heterocycles. The zero-order valence-corrected chi connectivity index (χ0v) is 13.3. The van der Waals surface area contributed by atoms with E-state index in [1.807, 2.05) is 30.3 Å². The Kier molecular flexibility index (Phi) is 5.43. The third kappa shape index (κ3) is 4.20. The van der Waals surface area contributed by atoms with Crippen molar-refractivity contribution >= 4 is 5.78 Å². The number of para-hydroxylation sites is 1. The second-order valence-electron chi connectivity index (χ2n) is 6.02. The van der Waals surface area contributed by atoms with Crippen LogP contribution in [0, 0.1) is 5.92 Å². The van der Waals surface area contributed by atoms with Crippen molar-refractivity contribution in [2.75, 3.05) is 19.7 Å². The highest BCUT2D eigenvalue weighted by Crippen LogP contribution is 2.26.